The van der Waals surface area contributed by atoms with E-state index in [1.54, 1.807) is 18.2 Å². The molecule has 0 saturated heterocycles. The van der Waals surface area contributed by atoms with E-state index in [1.165, 1.54) is 12.1 Å². The summed E-state index contributed by atoms with van der Waals surface area (Å²) >= 11 is 5.27. The number of halogens is 5. The molecule has 5 nitrogen and oxygen atoms in total. The fourth-order valence-electron chi connectivity index (χ4n) is 2.47. The Kier molecular flexibility index (Phi) is 5.30. The Hall–Kier alpha value is -1.95. The van der Waals surface area contributed by atoms with Gasteiger partial charge in [-0.2, -0.15) is 13.2 Å². The molecule has 0 radical (unpaired) electrons. The SMILES string of the molecule is O=C(c1ccc2c(c1)N(C(=O)C(F)(F)F)C(=O)CO2)c1cc(I)ccc1Br. The Morgan fingerprint density at radius 1 is 1.15 bits per heavy atom. The van der Waals surface area contributed by atoms with Crippen LogP contribution in [0.4, 0.5) is 18.9 Å². The lowest BCUT2D eigenvalue weighted by Crippen LogP contribution is -2.49. The molecule has 2 amide bonds. The average molecular weight is 554 g/mol. The van der Waals surface area contributed by atoms with Gasteiger partial charge in [-0.25, -0.2) is 4.90 Å². The van der Waals surface area contributed by atoms with Crippen LogP contribution in [-0.4, -0.2) is 30.4 Å². The van der Waals surface area contributed by atoms with Crippen LogP contribution in [0.3, 0.4) is 0 Å². The quantitative estimate of drug-likeness (QED) is 0.415. The Balaban J connectivity index is 2.08. The van der Waals surface area contributed by atoms with Gasteiger partial charge in [0, 0.05) is 19.2 Å². The zero-order valence-corrected chi connectivity index (χ0v) is 16.9. The van der Waals surface area contributed by atoms with E-state index in [9.17, 15) is 27.6 Å². The van der Waals surface area contributed by atoms with Crippen molar-refractivity contribution >= 4 is 61.8 Å². The summed E-state index contributed by atoms with van der Waals surface area (Å²) in [5, 5.41) is 0. The highest BCUT2D eigenvalue weighted by Gasteiger charge is 2.47. The molecular weight excluding hydrogens is 546 g/mol. The standard InChI is InChI=1S/C17H8BrF3INO4/c18-11-3-2-9(22)6-10(11)15(25)8-1-4-13-12(5-8)23(14(24)7-27-13)16(26)17(19,20)21/h1-6H,7H2. The van der Waals surface area contributed by atoms with Crippen molar-refractivity contribution in [3.63, 3.8) is 0 Å². The maximum absolute atomic E-state index is 12.9. The van der Waals surface area contributed by atoms with Gasteiger partial charge < -0.3 is 4.74 Å². The fourth-order valence-corrected chi connectivity index (χ4v) is 3.39. The van der Waals surface area contributed by atoms with E-state index < -0.39 is 36.1 Å². The Morgan fingerprint density at radius 3 is 2.52 bits per heavy atom. The molecule has 0 saturated carbocycles. The second-order valence-electron chi connectivity index (χ2n) is 5.46. The number of nitrogens with zero attached hydrogens (tertiary/aromatic N) is 1. The van der Waals surface area contributed by atoms with Crippen LogP contribution >= 0.6 is 38.5 Å². The molecular formula is C17H8BrF3INO4. The lowest BCUT2D eigenvalue weighted by atomic mass is 10.0. The normalized spacial score (nSPS) is 13.8. The highest BCUT2D eigenvalue weighted by molar-refractivity contribution is 14.1. The van der Waals surface area contributed by atoms with E-state index in [4.69, 9.17) is 4.74 Å². The molecule has 27 heavy (non-hydrogen) atoms. The van der Waals surface area contributed by atoms with Gasteiger partial charge in [-0.15, -0.1) is 0 Å². The molecule has 0 N–H and O–H groups in total. The first kappa shape index (κ1) is 19.8. The van der Waals surface area contributed by atoms with Crippen molar-refractivity contribution < 1.29 is 32.3 Å². The second kappa shape index (κ2) is 7.23. The molecule has 0 aliphatic carbocycles. The maximum Gasteiger partial charge on any atom is 0.472 e. The third-order valence-electron chi connectivity index (χ3n) is 3.68. The minimum Gasteiger partial charge on any atom is -0.482 e. The number of alkyl halides is 3. The van der Waals surface area contributed by atoms with Crippen molar-refractivity contribution in [2.24, 2.45) is 0 Å². The Morgan fingerprint density at radius 2 is 1.85 bits per heavy atom. The van der Waals surface area contributed by atoms with Gasteiger partial charge in [0.15, 0.2) is 12.4 Å². The highest BCUT2D eigenvalue weighted by Crippen LogP contribution is 2.36. The minimum atomic E-state index is -5.25. The summed E-state index contributed by atoms with van der Waals surface area (Å²) in [4.78, 5) is 36.3. The van der Waals surface area contributed by atoms with Gasteiger partial charge in [-0.05, 0) is 59.0 Å². The number of hydrogen-bond acceptors (Lipinski definition) is 4. The van der Waals surface area contributed by atoms with E-state index >= 15 is 0 Å². The van der Waals surface area contributed by atoms with Crippen molar-refractivity contribution in [1.82, 2.24) is 0 Å². The molecule has 0 spiro atoms. The van der Waals surface area contributed by atoms with Crippen LogP contribution in [0.5, 0.6) is 5.75 Å². The summed E-state index contributed by atoms with van der Waals surface area (Å²) in [7, 11) is 0. The van der Waals surface area contributed by atoms with Crippen LogP contribution in [0.1, 0.15) is 15.9 Å². The first-order valence-electron chi connectivity index (χ1n) is 7.30. The van der Waals surface area contributed by atoms with Crippen LogP contribution < -0.4 is 9.64 Å². The summed E-state index contributed by atoms with van der Waals surface area (Å²) in [6.45, 7) is -0.704. The molecule has 0 atom stereocenters. The van der Waals surface area contributed by atoms with Gasteiger partial charge >= 0.3 is 12.1 Å². The summed E-state index contributed by atoms with van der Waals surface area (Å²) in [5.74, 6) is -4.08. The molecule has 2 aromatic rings. The van der Waals surface area contributed by atoms with E-state index in [0.717, 1.165) is 9.64 Å². The van der Waals surface area contributed by atoms with Crippen molar-refractivity contribution in [3.05, 3.63) is 55.6 Å². The molecule has 0 aromatic heterocycles. The van der Waals surface area contributed by atoms with E-state index in [0.29, 0.717) is 10.0 Å². The average Bonchev–Trinajstić information content (AvgIpc) is 2.61. The second-order valence-corrected chi connectivity index (χ2v) is 7.56. The largest absolute Gasteiger partial charge is 0.482 e. The summed E-state index contributed by atoms with van der Waals surface area (Å²) in [5.41, 5.74) is -0.116. The van der Waals surface area contributed by atoms with Crippen molar-refractivity contribution in [2.45, 2.75) is 6.18 Å². The number of amides is 2. The molecule has 2 aromatic carbocycles. The molecule has 3 rings (SSSR count). The Labute approximate surface area is 172 Å². The van der Waals surface area contributed by atoms with Crippen molar-refractivity contribution in [1.29, 1.82) is 0 Å². The first-order chi connectivity index (χ1) is 12.6. The number of ketones is 1. The van der Waals surface area contributed by atoms with Crippen LogP contribution in [0.15, 0.2) is 40.9 Å². The van der Waals surface area contributed by atoms with Crippen LogP contribution in [0, 0.1) is 3.57 Å². The fraction of sp³-hybridized carbons (Fsp3) is 0.118. The molecule has 0 unspecified atom stereocenters. The topological polar surface area (TPSA) is 63.7 Å². The minimum absolute atomic E-state index is 0.000587. The van der Waals surface area contributed by atoms with Crippen LogP contribution in [-0.2, 0) is 9.59 Å². The van der Waals surface area contributed by atoms with Gasteiger partial charge in [0.05, 0.1) is 5.69 Å². The molecule has 1 aliphatic rings. The Bertz CT molecular complexity index is 977. The molecule has 140 valence electrons. The summed E-state index contributed by atoms with van der Waals surface area (Å²) in [6, 6.07) is 8.70. The van der Waals surface area contributed by atoms with Gasteiger partial charge in [-0.3, -0.25) is 14.4 Å². The van der Waals surface area contributed by atoms with Crippen LogP contribution in [0.25, 0.3) is 0 Å². The number of ether oxygens (including phenoxy) is 1. The van der Waals surface area contributed by atoms with Crippen LogP contribution in [0.2, 0.25) is 0 Å². The third-order valence-corrected chi connectivity index (χ3v) is 5.04. The molecule has 1 aliphatic heterocycles. The lowest BCUT2D eigenvalue weighted by Gasteiger charge is -2.28. The van der Waals surface area contributed by atoms with E-state index in [1.807, 2.05) is 22.6 Å². The third kappa shape index (κ3) is 3.86. The number of fused-ring (bicyclic) bond motifs is 1. The van der Waals surface area contributed by atoms with Crippen molar-refractivity contribution in [3.8, 4) is 5.75 Å². The summed E-state index contributed by atoms with van der Waals surface area (Å²) < 4.78 is 45.0. The highest BCUT2D eigenvalue weighted by atomic mass is 127. The zero-order chi connectivity index (χ0) is 19.9. The van der Waals surface area contributed by atoms with E-state index in [2.05, 4.69) is 15.9 Å². The summed E-state index contributed by atoms with van der Waals surface area (Å²) in [6.07, 6.45) is -5.25. The first-order valence-corrected chi connectivity index (χ1v) is 9.17. The van der Waals surface area contributed by atoms with Gasteiger partial charge in [-0.1, -0.05) is 15.9 Å². The molecule has 10 heteroatoms. The van der Waals surface area contributed by atoms with Gasteiger partial charge in [0.2, 0.25) is 0 Å². The number of carbonyl (C=O) groups is 3. The number of hydrogen-bond donors (Lipinski definition) is 0. The molecule has 0 fully saturated rings. The van der Waals surface area contributed by atoms with Gasteiger partial charge in [0.25, 0.3) is 5.91 Å². The monoisotopic (exact) mass is 553 g/mol. The van der Waals surface area contributed by atoms with E-state index in [-0.39, 0.29) is 16.2 Å². The smallest absolute Gasteiger partial charge is 0.472 e. The lowest BCUT2D eigenvalue weighted by molar-refractivity contribution is -0.171. The predicted octanol–water partition coefficient (Wildman–Crippen LogP) is 4.10. The number of benzene rings is 2. The predicted molar refractivity (Wildman–Crippen MR) is 101 cm³/mol. The molecule has 1 heterocycles. The molecule has 0 bridgehead atoms. The number of carbonyl (C=O) groups excluding carboxylic acids is 3. The number of rotatable bonds is 2. The number of imide groups is 1. The maximum atomic E-state index is 12.9. The zero-order valence-electron chi connectivity index (χ0n) is 13.1. The number of anilines is 1. The van der Waals surface area contributed by atoms with Crippen molar-refractivity contribution in [2.75, 3.05) is 11.5 Å². The van der Waals surface area contributed by atoms with Gasteiger partial charge in [0.1, 0.15) is 5.75 Å².